The first-order valence-electron chi connectivity index (χ1n) is 33.6. The molecule has 0 amide bonds. The van der Waals surface area contributed by atoms with Gasteiger partial charge in [0, 0.05) is 72.2 Å². The summed E-state index contributed by atoms with van der Waals surface area (Å²) in [5.41, 5.74) is 28.5. The van der Waals surface area contributed by atoms with Crippen LogP contribution in [0.25, 0.3) is 132 Å². The van der Waals surface area contributed by atoms with Crippen molar-refractivity contribution in [1.29, 1.82) is 0 Å². The molecule has 0 fully saturated rings. The highest BCUT2D eigenvalue weighted by Crippen LogP contribution is 2.55. The van der Waals surface area contributed by atoms with Crippen molar-refractivity contribution in [2.24, 2.45) is 0 Å². The number of fused-ring (bicyclic) bond motifs is 12. The van der Waals surface area contributed by atoms with Crippen molar-refractivity contribution < 1.29 is 0 Å². The zero-order valence-electron chi connectivity index (χ0n) is 52.9. The van der Waals surface area contributed by atoms with Gasteiger partial charge in [-0.15, -0.1) is 0 Å². The van der Waals surface area contributed by atoms with Crippen molar-refractivity contribution in [3.8, 4) is 67.0 Å². The van der Waals surface area contributed by atoms with Gasteiger partial charge in [-0.05, 0) is 132 Å². The van der Waals surface area contributed by atoms with Gasteiger partial charge in [-0.25, -0.2) is 0 Å². The van der Waals surface area contributed by atoms with Crippen LogP contribution < -0.4 is 26.2 Å². The quantitative estimate of drug-likeness (QED) is 0.106. The van der Waals surface area contributed by atoms with E-state index in [1.54, 1.807) is 0 Å². The van der Waals surface area contributed by atoms with Crippen molar-refractivity contribution >= 4 is 122 Å². The van der Waals surface area contributed by atoms with Gasteiger partial charge in [0.25, 0.3) is 6.71 Å². The molecule has 16 aromatic carbocycles. The van der Waals surface area contributed by atoms with E-state index in [0.29, 0.717) is 0 Å². The number of hydrogen-bond acceptors (Lipinski definition) is 2. The van der Waals surface area contributed by atoms with Gasteiger partial charge in [0.15, 0.2) is 0 Å². The van der Waals surface area contributed by atoms with Crippen LogP contribution in [0.1, 0.15) is 0 Å². The van der Waals surface area contributed by atoms with E-state index in [0.717, 1.165) is 118 Å². The van der Waals surface area contributed by atoms with Gasteiger partial charge in [-0.1, -0.05) is 297 Å². The molecule has 20 rings (SSSR count). The molecule has 4 heterocycles. The van der Waals surface area contributed by atoms with Crippen LogP contribution in [0.2, 0.25) is 0 Å². The second-order valence-corrected chi connectivity index (χ2v) is 25.8. The predicted molar refractivity (Wildman–Crippen MR) is 411 cm³/mol. The van der Waals surface area contributed by atoms with Gasteiger partial charge in [0.05, 0.1) is 39.1 Å². The van der Waals surface area contributed by atoms with E-state index in [-0.39, 0.29) is 6.71 Å². The monoisotopic (exact) mass is 1230 g/mol. The van der Waals surface area contributed by atoms with Gasteiger partial charge in [-0.2, -0.15) is 0 Å². The average molecular weight is 1230 g/mol. The van der Waals surface area contributed by atoms with E-state index in [1.807, 2.05) is 0 Å². The zero-order chi connectivity index (χ0) is 63.7. The number of nitrogens with zero attached hydrogens (tertiary/aromatic N) is 4. The van der Waals surface area contributed by atoms with Crippen molar-refractivity contribution in [1.82, 2.24) is 9.13 Å². The predicted octanol–water partition coefficient (Wildman–Crippen LogP) is 22.6. The fourth-order valence-corrected chi connectivity index (χ4v) is 16.6. The molecule has 0 atom stereocenters. The first-order chi connectivity index (χ1) is 48.2. The lowest BCUT2D eigenvalue weighted by Gasteiger charge is -2.46. The third kappa shape index (κ3) is 8.45. The van der Waals surface area contributed by atoms with Gasteiger partial charge >= 0.3 is 0 Å². The minimum atomic E-state index is -0.256. The Morgan fingerprint density at radius 1 is 0.216 bits per heavy atom. The van der Waals surface area contributed by atoms with E-state index in [1.165, 1.54) is 65.0 Å². The number of para-hydroxylation sites is 6. The van der Waals surface area contributed by atoms with Crippen molar-refractivity contribution in [3.63, 3.8) is 0 Å². The van der Waals surface area contributed by atoms with Gasteiger partial charge < -0.3 is 18.9 Å². The summed E-state index contributed by atoms with van der Waals surface area (Å²) in [4.78, 5) is 5.38. The first-order valence-corrected chi connectivity index (χ1v) is 33.6. The largest absolute Gasteiger partial charge is 0.310 e. The van der Waals surface area contributed by atoms with Crippen LogP contribution >= 0.6 is 0 Å². The van der Waals surface area contributed by atoms with Crippen molar-refractivity contribution in [2.45, 2.75) is 0 Å². The highest BCUT2D eigenvalue weighted by molar-refractivity contribution is 7.00. The summed E-state index contributed by atoms with van der Waals surface area (Å²) < 4.78 is 5.02. The maximum atomic E-state index is 2.69. The summed E-state index contributed by atoms with van der Waals surface area (Å²) in [5.74, 6) is 0. The van der Waals surface area contributed by atoms with E-state index in [2.05, 4.69) is 377 Å². The lowest BCUT2D eigenvalue weighted by atomic mass is 9.33. The Labute approximate surface area is 562 Å². The molecule has 0 bridgehead atoms. The highest BCUT2D eigenvalue weighted by atomic mass is 15.2. The molecule has 0 N–H and O–H groups in total. The molecule has 5 heteroatoms. The number of aromatic nitrogens is 2. The highest BCUT2D eigenvalue weighted by Gasteiger charge is 2.46. The minimum Gasteiger partial charge on any atom is -0.310 e. The Morgan fingerprint density at radius 2 is 0.546 bits per heavy atom. The topological polar surface area (TPSA) is 16.3 Å². The van der Waals surface area contributed by atoms with Crippen LogP contribution in [0.4, 0.5) is 34.1 Å². The Morgan fingerprint density at radius 3 is 0.959 bits per heavy atom. The van der Waals surface area contributed by atoms with Gasteiger partial charge in [0.2, 0.25) is 0 Å². The van der Waals surface area contributed by atoms with E-state index < -0.39 is 0 Å². The summed E-state index contributed by atoms with van der Waals surface area (Å²) in [5, 5.41) is 9.72. The fraction of sp³-hybridized carbons (Fsp3) is 0. The first kappa shape index (κ1) is 54.8. The molecule has 0 spiro atoms. The second-order valence-electron chi connectivity index (χ2n) is 25.8. The van der Waals surface area contributed by atoms with Crippen LogP contribution in [0.5, 0.6) is 0 Å². The summed E-state index contributed by atoms with van der Waals surface area (Å²) >= 11 is 0. The lowest BCUT2D eigenvalue weighted by Crippen LogP contribution is -2.61. The summed E-state index contributed by atoms with van der Waals surface area (Å²) in [6, 6.07) is 134. The SMILES string of the molecule is c1ccc(-c2cccc(-c3ccccc3)c2N2c3cc(-c4c5ccccc5cc5ccccc45)ccc3B3c4ccc(-n5c6ccccc6c6ccccc65)cc4N(c4c(-c5ccccc5)cccc4-c4ccccc4)c4cc(-n5c6ccccc6c6ccccc65)cc2c43)cc1. The lowest BCUT2D eigenvalue weighted by molar-refractivity contribution is 1.15. The molecular formula is C92H59BN4. The fourth-order valence-electron chi connectivity index (χ4n) is 16.6. The molecule has 2 aliphatic rings. The Balaban J connectivity index is 0.993. The number of benzene rings is 16. The van der Waals surface area contributed by atoms with Gasteiger partial charge in [-0.3, -0.25) is 0 Å². The van der Waals surface area contributed by atoms with Gasteiger partial charge in [0.1, 0.15) is 0 Å². The molecule has 0 radical (unpaired) electrons. The molecule has 0 aliphatic carbocycles. The normalized spacial score (nSPS) is 12.5. The molecule has 18 aromatic rings. The maximum absolute atomic E-state index is 2.69. The molecule has 4 nitrogen and oxygen atoms in total. The number of anilines is 6. The van der Waals surface area contributed by atoms with Crippen LogP contribution in [0, 0.1) is 0 Å². The molecule has 0 unspecified atom stereocenters. The van der Waals surface area contributed by atoms with E-state index in [9.17, 15) is 0 Å². The van der Waals surface area contributed by atoms with Crippen LogP contribution in [0.3, 0.4) is 0 Å². The molecule has 2 aromatic heterocycles. The molecular weight excluding hydrogens is 1170 g/mol. The third-order valence-electron chi connectivity index (χ3n) is 20.6. The summed E-state index contributed by atoms with van der Waals surface area (Å²) in [7, 11) is 0. The van der Waals surface area contributed by atoms with Crippen LogP contribution in [-0.4, -0.2) is 15.8 Å². The second kappa shape index (κ2) is 22.0. The standard InChI is InChI=1S/C92H59BN4/c1-5-27-60(28-6-1)71-43-25-44-72(61-29-7-2-8-30-61)91(71)96-85-56-66(89-69-37-15-13-35-64(69)55-65-36-14-16-38-70(65)89)51-53-79(85)93-80-54-52-67(94-81-47-21-17-39-75(81)76-40-18-22-48-82(76)94)57-86(80)97(92-73(62-31-9-3-10-32-62)45-26-46-74(92)63-33-11-4-12-34-63)88-59-68(58-87(96)90(88)93)95-83-49-23-19-41-77(83)78-42-20-24-50-84(78)95/h1-59H. The van der Waals surface area contributed by atoms with E-state index >= 15 is 0 Å². The summed E-state index contributed by atoms with van der Waals surface area (Å²) in [6.07, 6.45) is 0. The number of rotatable bonds is 9. The van der Waals surface area contributed by atoms with Crippen LogP contribution in [0.15, 0.2) is 358 Å². The Hall–Kier alpha value is -12.7. The smallest absolute Gasteiger partial charge is 0.252 e. The molecule has 97 heavy (non-hydrogen) atoms. The number of hydrogen-bond donors (Lipinski definition) is 0. The Kier molecular flexibility index (Phi) is 12.4. The zero-order valence-corrected chi connectivity index (χ0v) is 52.9. The molecule has 2 aliphatic heterocycles. The summed E-state index contributed by atoms with van der Waals surface area (Å²) in [6.45, 7) is -0.256. The average Bonchev–Trinajstić information content (AvgIpc) is 0.778. The maximum Gasteiger partial charge on any atom is 0.252 e. The third-order valence-corrected chi connectivity index (χ3v) is 20.6. The van der Waals surface area contributed by atoms with Crippen molar-refractivity contribution in [3.05, 3.63) is 358 Å². The minimum absolute atomic E-state index is 0.256. The van der Waals surface area contributed by atoms with E-state index in [4.69, 9.17) is 0 Å². The van der Waals surface area contributed by atoms with Crippen molar-refractivity contribution in [2.75, 3.05) is 9.80 Å². The molecule has 0 saturated carbocycles. The van der Waals surface area contributed by atoms with Crippen LogP contribution in [-0.2, 0) is 0 Å². The Bertz CT molecular complexity index is 5930. The molecule has 450 valence electrons. The molecule has 0 saturated heterocycles.